The van der Waals surface area contributed by atoms with Crippen molar-refractivity contribution in [1.29, 1.82) is 0 Å². The van der Waals surface area contributed by atoms with Gasteiger partial charge in [0.15, 0.2) is 0 Å². The van der Waals surface area contributed by atoms with Gasteiger partial charge in [-0.2, -0.15) is 0 Å². The van der Waals surface area contributed by atoms with Crippen LogP contribution in [-0.4, -0.2) is 10.7 Å². The minimum Gasteiger partial charge on any atom is -0.389 e. The topological polar surface area (TPSA) is 20.2 Å². The Bertz CT molecular complexity index is 371. The molecule has 3 rings (SSSR count). The third kappa shape index (κ3) is 1.18. The van der Waals surface area contributed by atoms with Crippen LogP contribution in [0.15, 0.2) is 37.5 Å². The van der Waals surface area contributed by atoms with Gasteiger partial charge in [0.1, 0.15) is 0 Å². The highest BCUT2D eigenvalue weighted by Gasteiger charge is 2.68. The van der Waals surface area contributed by atoms with Crippen molar-refractivity contribution in [2.24, 2.45) is 23.2 Å². The molecule has 4 unspecified atom stereocenters. The lowest BCUT2D eigenvalue weighted by Crippen LogP contribution is -2.59. The number of hydrogen-bond acceptors (Lipinski definition) is 1. The van der Waals surface area contributed by atoms with Crippen molar-refractivity contribution >= 4 is 0 Å². The van der Waals surface area contributed by atoms with Gasteiger partial charge in [0.05, 0.1) is 5.60 Å². The SMILES string of the molecule is C=CCC(O)(CC=C)C12CCC1C1C=CC2C1. The van der Waals surface area contributed by atoms with E-state index < -0.39 is 5.60 Å². The molecule has 1 heteroatoms. The molecule has 1 nitrogen and oxygen atoms in total. The first-order valence-electron chi connectivity index (χ1n) is 6.80. The van der Waals surface area contributed by atoms with Crippen molar-refractivity contribution in [2.75, 3.05) is 0 Å². The highest BCUT2D eigenvalue weighted by atomic mass is 16.3. The average molecular weight is 230 g/mol. The smallest absolute Gasteiger partial charge is 0.0780 e. The summed E-state index contributed by atoms with van der Waals surface area (Å²) in [7, 11) is 0. The Labute approximate surface area is 104 Å². The van der Waals surface area contributed by atoms with Gasteiger partial charge in [0.25, 0.3) is 0 Å². The van der Waals surface area contributed by atoms with Gasteiger partial charge in [0, 0.05) is 5.41 Å². The quantitative estimate of drug-likeness (QED) is 0.717. The van der Waals surface area contributed by atoms with Crippen LogP contribution in [0.4, 0.5) is 0 Å². The molecule has 0 spiro atoms. The second-order valence-corrected chi connectivity index (χ2v) is 6.09. The van der Waals surface area contributed by atoms with E-state index in [0.717, 1.165) is 5.92 Å². The summed E-state index contributed by atoms with van der Waals surface area (Å²) in [5, 5.41) is 11.1. The first-order valence-corrected chi connectivity index (χ1v) is 6.80. The van der Waals surface area contributed by atoms with E-state index in [-0.39, 0.29) is 5.41 Å². The van der Waals surface area contributed by atoms with E-state index >= 15 is 0 Å². The molecule has 0 aromatic heterocycles. The number of hydrogen-bond donors (Lipinski definition) is 1. The molecule has 0 radical (unpaired) electrons. The fraction of sp³-hybridized carbons (Fsp3) is 0.625. The molecule has 0 amide bonds. The zero-order valence-corrected chi connectivity index (χ0v) is 10.4. The molecule has 0 aromatic carbocycles. The van der Waals surface area contributed by atoms with E-state index in [2.05, 4.69) is 25.3 Å². The van der Waals surface area contributed by atoms with Crippen LogP contribution in [-0.2, 0) is 0 Å². The maximum Gasteiger partial charge on any atom is 0.0780 e. The van der Waals surface area contributed by atoms with Crippen molar-refractivity contribution in [2.45, 2.75) is 37.7 Å². The zero-order chi connectivity index (χ0) is 12.1. The van der Waals surface area contributed by atoms with Gasteiger partial charge in [-0.05, 0) is 49.9 Å². The standard InChI is InChI=1S/C16H22O/c1-3-8-15(17,9-4-2)16-10-7-14(16)12-5-6-13(16)11-12/h3-6,12-14,17H,1-2,7-11H2. The predicted molar refractivity (Wildman–Crippen MR) is 70.5 cm³/mol. The summed E-state index contributed by atoms with van der Waals surface area (Å²) in [6.45, 7) is 7.66. The third-order valence-electron chi connectivity index (χ3n) is 5.66. The summed E-state index contributed by atoms with van der Waals surface area (Å²) in [5.74, 6) is 2.04. The van der Waals surface area contributed by atoms with Crippen LogP contribution in [0, 0.1) is 23.2 Å². The Morgan fingerprint density at radius 2 is 2.00 bits per heavy atom. The Kier molecular flexibility index (Phi) is 2.38. The van der Waals surface area contributed by atoms with Crippen molar-refractivity contribution in [1.82, 2.24) is 0 Å². The van der Waals surface area contributed by atoms with Gasteiger partial charge in [-0.25, -0.2) is 0 Å². The minimum atomic E-state index is -0.608. The number of fused-ring (bicyclic) bond motifs is 5. The van der Waals surface area contributed by atoms with Crippen LogP contribution < -0.4 is 0 Å². The summed E-state index contributed by atoms with van der Waals surface area (Å²) in [5.41, 5.74) is -0.474. The fourth-order valence-corrected chi connectivity index (χ4v) is 4.95. The summed E-state index contributed by atoms with van der Waals surface area (Å²) in [4.78, 5) is 0. The molecule has 3 aliphatic carbocycles. The van der Waals surface area contributed by atoms with E-state index in [9.17, 15) is 5.11 Å². The first kappa shape index (κ1) is 11.3. The van der Waals surface area contributed by atoms with Crippen molar-refractivity contribution in [3.63, 3.8) is 0 Å². The maximum atomic E-state index is 11.1. The Balaban J connectivity index is 1.98. The molecule has 1 N–H and O–H groups in total. The summed E-state index contributed by atoms with van der Waals surface area (Å²) in [6, 6.07) is 0. The lowest BCUT2D eigenvalue weighted by Gasteiger charge is -2.59. The zero-order valence-electron chi connectivity index (χ0n) is 10.4. The molecule has 2 fully saturated rings. The molecule has 2 saturated carbocycles. The third-order valence-corrected chi connectivity index (χ3v) is 5.66. The van der Waals surface area contributed by atoms with Gasteiger partial charge >= 0.3 is 0 Å². The normalized spacial score (nSPS) is 42.1. The molecule has 0 saturated heterocycles. The summed E-state index contributed by atoms with van der Waals surface area (Å²) in [6.07, 6.45) is 13.6. The monoisotopic (exact) mass is 230 g/mol. The van der Waals surface area contributed by atoms with E-state index in [1.807, 2.05) is 12.2 Å². The van der Waals surface area contributed by atoms with Crippen LogP contribution in [0.3, 0.4) is 0 Å². The fourth-order valence-electron chi connectivity index (χ4n) is 4.95. The molecule has 3 aliphatic rings. The van der Waals surface area contributed by atoms with Crippen LogP contribution in [0.5, 0.6) is 0 Å². The predicted octanol–water partition coefficient (Wildman–Crippen LogP) is 3.47. The van der Waals surface area contributed by atoms with Gasteiger partial charge in [-0.3, -0.25) is 0 Å². The van der Waals surface area contributed by atoms with Crippen molar-refractivity contribution in [3.05, 3.63) is 37.5 Å². The molecule has 2 bridgehead atoms. The number of allylic oxidation sites excluding steroid dienone is 2. The van der Waals surface area contributed by atoms with Crippen LogP contribution in [0.2, 0.25) is 0 Å². The van der Waals surface area contributed by atoms with Crippen molar-refractivity contribution in [3.8, 4) is 0 Å². The molecule has 0 aromatic rings. The Morgan fingerprint density at radius 1 is 1.29 bits per heavy atom. The van der Waals surface area contributed by atoms with Crippen LogP contribution in [0.1, 0.15) is 32.1 Å². The van der Waals surface area contributed by atoms with Gasteiger partial charge < -0.3 is 5.11 Å². The molecular weight excluding hydrogens is 208 g/mol. The van der Waals surface area contributed by atoms with Gasteiger partial charge in [0.2, 0.25) is 0 Å². The Morgan fingerprint density at radius 3 is 2.47 bits per heavy atom. The minimum absolute atomic E-state index is 0.134. The lowest BCUT2D eigenvalue weighted by atomic mass is 9.47. The average Bonchev–Trinajstić information content (AvgIpc) is 2.73. The second-order valence-electron chi connectivity index (χ2n) is 6.09. The molecule has 0 aliphatic heterocycles. The molecule has 17 heavy (non-hydrogen) atoms. The van der Waals surface area contributed by atoms with E-state index in [1.54, 1.807) is 0 Å². The molecular formula is C16H22O. The molecule has 92 valence electrons. The van der Waals surface area contributed by atoms with E-state index in [0.29, 0.717) is 24.7 Å². The van der Waals surface area contributed by atoms with Gasteiger partial charge in [-0.15, -0.1) is 13.2 Å². The first-order chi connectivity index (χ1) is 8.18. The lowest BCUT2D eigenvalue weighted by molar-refractivity contribution is -0.171. The Hall–Kier alpha value is -0.820. The van der Waals surface area contributed by atoms with E-state index in [1.165, 1.54) is 19.3 Å². The second kappa shape index (κ2) is 3.58. The summed E-state index contributed by atoms with van der Waals surface area (Å²) >= 11 is 0. The van der Waals surface area contributed by atoms with Crippen LogP contribution in [0.25, 0.3) is 0 Å². The molecule has 0 heterocycles. The largest absolute Gasteiger partial charge is 0.389 e. The number of rotatable bonds is 5. The van der Waals surface area contributed by atoms with Crippen molar-refractivity contribution < 1.29 is 5.11 Å². The van der Waals surface area contributed by atoms with E-state index in [4.69, 9.17) is 0 Å². The highest BCUT2D eigenvalue weighted by Crippen LogP contribution is 2.71. The maximum absolute atomic E-state index is 11.1. The molecule has 4 atom stereocenters. The summed E-state index contributed by atoms with van der Waals surface area (Å²) < 4.78 is 0. The van der Waals surface area contributed by atoms with Crippen LogP contribution >= 0.6 is 0 Å². The highest BCUT2D eigenvalue weighted by molar-refractivity contribution is 5.28. The van der Waals surface area contributed by atoms with Gasteiger partial charge in [-0.1, -0.05) is 24.3 Å². The number of aliphatic hydroxyl groups is 1.